The Morgan fingerprint density at radius 2 is 1.80 bits per heavy atom. The van der Waals surface area contributed by atoms with Crippen molar-refractivity contribution in [3.05, 3.63) is 65.2 Å². The van der Waals surface area contributed by atoms with Gasteiger partial charge in [-0.15, -0.1) is 11.3 Å². The average molecular weight is 448 g/mol. The predicted molar refractivity (Wildman–Crippen MR) is 115 cm³/mol. The summed E-state index contributed by atoms with van der Waals surface area (Å²) in [6.45, 7) is 0.212. The van der Waals surface area contributed by atoms with Crippen LogP contribution in [-0.2, 0) is 16.4 Å². The smallest absolute Gasteiger partial charge is 0.257 e. The van der Waals surface area contributed by atoms with Gasteiger partial charge in [0.25, 0.3) is 5.91 Å². The maximum Gasteiger partial charge on any atom is 0.257 e. The zero-order valence-electron chi connectivity index (χ0n) is 16.4. The summed E-state index contributed by atoms with van der Waals surface area (Å²) in [5, 5.41) is 4.88. The number of amides is 1. The van der Waals surface area contributed by atoms with E-state index in [-0.39, 0.29) is 17.3 Å². The van der Waals surface area contributed by atoms with Crippen LogP contribution in [0.4, 0.5) is 5.13 Å². The second-order valence-electron chi connectivity index (χ2n) is 6.15. The van der Waals surface area contributed by atoms with Gasteiger partial charge in [0.1, 0.15) is 0 Å². The number of carbonyl (C=O) groups is 1. The molecular formula is C20H21N3O5S2. The highest BCUT2D eigenvalue weighted by Gasteiger charge is 2.15. The second-order valence-corrected chi connectivity index (χ2v) is 8.81. The first-order chi connectivity index (χ1) is 14.4. The summed E-state index contributed by atoms with van der Waals surface area (Å²) in [6.07, 6.45) is 2.07. The van der Waals surface area contributed by atoms with Crippen molar-refractivity contribution >= 4 is 32.4 Å². The van der Waals surface area contributed by atoms with E-state index in [0.29, 0.717) is 28.6 Å². The molecule has 3 aromatic rings. The quantitative estimate of drug-likeness (QED) is 0.522. The number of sulfonamides is 1. The lowest BCUT2D eigenvalue weighted by Crippen LogP contribution is -2.26. The minimum absolute atomic E-state index is 0.0839. The molecule has 0 spiro atoms. The predicted octanol–water partition coefficient (Wildman–Crippen LogP) is 2.93. The number of rotatable bonds is 9. The fraction of sp³-hybridized carbons (Fsp3) is 0.200. The minimum atomic E-state index is -3.70. The van der Waals surface area contributed by atoms with Gasteiger partial charge in [-0.3, -0.25) is 10.1 Å². The number of anilines is 1. The van der Waals surface area contributed by atoms with Crippen molar-refractivity contribution in [1.29, 1.82) is 0 Å². The van der Waals surface area contributed by atoms with Crippen LogP contribution < -0.4 is 19.5 Å². The third-order valence-corrected chi connectivity index (χ3v) is 6.40. The van der Waals surface area contributed by atoms with Crippen molar-refractivity contribution < 1.29 is 22.7 Å². The van der Waals surface area contributed by atoms with E-state index in [0.717, 1.165) is 5.56 Å². The lowest BCUT2D eigenvalue weighted by Gasteiger charge is -2.10. The van der Waals surface area contributed by atoms with Gasteiger partial charge >= 0.3 is 0 Å². The number of carbonyl (C=O) groups excluding carboxylic acids is 1. The molecule has 0 unspecified atom stereocenters. The monoisotopic (exact) mass is 447 g/mol. The van der Waals surface area contributed by atoms with E-state index in [1.54, 1.807) is 31.9 Å². The highest BCUT2D eigenvalue weighted by molar-refractivity contribution is 7.89. The molecule has 0 bridgehead atoms. The Labute approximate surface area is 178 Å². The van der Waals surface area contributed by atoms with E-state index in [1.165, 1.54) is 35.6 Å². The van der Waals surface area contributed by atoms with E-state index >= 15 is 0 Å². The topological polar surface area (TPSA) is 107 Å². The molecule has 0 aliphatic carbocycles. The van der Waals surface area contributed by atoms with Crippen molar-refractivity contribution in [3.63, 3.8) is 0 Å². The molecule has 8 nitrogen and oxygen atoms in total. The zero-order chi connectivity index (χ0) is 21.6. The van der Waals surface area contributed by atoms with Crippen molar-refractivity contribution in [2.75, 3.05) is 26.1 Å². The number of aromatic nitrogens is 1. The summed E-state index contributed by atoms with van der Waals surface area (Å²) < 4.78 is 38.1. The molecule has 2 aromatic carbocycles. The number of thiazole rings is 1. The summed E-state index contributed by atoms with van der Waals surface area (Å²) in [6, 6.07) is 11.2. The molecule has 0 fully saturated rings. The molecular weight excluding hydrogens is 426 g/mol. The number of nitrogens with zero attached hydrogens (tertiary/aromatic N) is 1. The van der Waals surface area contributed by atoms with Crippen LogP contribution in [0.5, 0.6) is 11.5 Å². The molecule has 1 amide bonds. The fourth-order valence-corrected chi connectivity index (χ4v) is 4.24. The second kappa shape index (κ2) is 9.70. The Bertz CT molecular complexity index is 1100. The van der Waals surface area contributed by atoms with Gasteiger partial charge < -0.3 is 9.47 Å². The Kier molecular flexibility index (Phi) is 7.03. The normalized spacial score (nSPS) is 11.1. The summed E-state index contributed by atoms with van der Waals surface area (Å²) >= 11 is 1.30. The number of hydrogen-bond acceptors (Lipinski definition) is 7. The summed E-state index contributed by atoms with van der Waals surface area (Å²) in [7, 11) is -0.597. The van der Waals surface area contributed by atoms with Gasteiger partial charge in [0.15, 0.2) is 16.6 Å². The molecule has 0 atom stereocenters. The minimum Gasteiger partial charge on any atom is -0.493 e. The van der Waals surface area contributed by atoms with Crippen molar-refractivity contribution in [2.24, 2.45) is 0 Å². The summed E-state index contributed by atoms with van der Waals surface area (Å²) in [4.78, 5) is 16.2. The van der Waals surface area contributed by atoms with E-state index < -0.39 is 10.0 Å². The van der Waals surface area contributed by atoms with Gasteiger partial charge in [-0.25, -0.2) is 18.1 Å². The van der Waals surface area contributed by atoms with Crippen LogP contribution in [0.25, 0.3) is 0 Å². The maximum absolute atomic E-state index is 12.5. The number of ether oxygens (including phenoxy) is 2. The first-order valence-corrected chi connectivity index (χ1v) is 11.3. The van der Waals surface area contributed by atoms with E-state index in [2.05, 4.69) is 15.0 Å². The molecule has 0 saturated heterocycles. The Morgan fingerprint density at radius 3 is 2.43 bits per heavy atom. The number of nitrogens with one attached hydrogen (secondary N) is 2. The lowest BCUT2D eigenvalue weighted by atomic mass is 10.1. The van der Waals surface area contributed by atoms with Gasteiger partial charge in [-0.2, -0.15) is 0 Å². The van der Waals surface area contributed by atoms with Crippen molar-refractivity contribution in [3.8, 4) is 11.5 Å². The van der Waals surface area contributed by atoms with Crippen LogP contribution in [0.15, 0.2) is 58.9 Å². The standard InChI is InChI=1S/C20H21N3O5S2/c1-27-17-8-3-14(13-18(17)28-2)9-10-22-30(25,26)16-6-4-15(5-7-16)19(24)23-20-21-11-12-29-20/h3-8,11-13,22H,9-10H2,1-2H3,(H,21,23,24). The lowest BCUT2D eigenvalue weighted by molar-refractivity contribution is 0.102. The van der Waals surface area contributed by atoms with Crippen LogP contribution in [0.3, 0.4) is 0 Å². The molecule has 0 saturated carbocycles. The molecule has 1 heterocycles. The number of methoxy groups -OCH3 is 2. The van der Waals surface area contributed by atoms with Gasteiger partial charge in [0.05, 0.1) is 19.1 Å². The van der Waals surface area contributed by atoms with E-state index in [4.69, 9.17) is 9.47 Å². The Morgan fingerprint density at radius 1 is 1.07 bits per heavy atom. The van der Waals surface area contributed by atoms with Crippen LogP contribution in [0.2, 0.25) is 0 Å². The third kappa shape index (κ3) is 5.35. The molecule has 1 aromatic heterocycles. The third-order valence-electron chi connectivity index (χ3n) is 4.23. The summed E-state index contributed by atoms with van der Waals surface area (Å²) in [5.74, 6) is 0.848. The van der Waals surface area contributed by atoms with Gasteiger partial charge in [-0.05, 0) is 48.4 Å². The van der Waals surface area contributed by atoms with E-state index in [1.807, 2.05) is 12.1 Å². The average Bonchev–Trinajstić information content (AvgIpc) is 3.26. The Hall–Kier alpha value is -2.95. The largest absolute Gasteiger partial charge is 0.493 e. The van der Waals surface area contributed by atoms with Crippen LogP contribution in [0, 0.1) is 0 Å². The fourth-order valence-electron chi connectivity index (χ4n) is 2.69. The molecule has 158 valence electrons. The molecule has 3 rings (SSSR count). The number of hydrogen-bond donors (Lipinski definition) is 2. The first-order valence-electron chi connectivity index (χ1n) is 8.94. The van der Waals surface area contributed by atoms with Crippen LogP contribution in [-0.4, -0.2) is 40.1 Å². The molecule has 0 aliphatic heterocycles. The van der Waals surface area contributed by atoms with Crippen LogP contribution in [0.1, 0.15) is 15.9 Å². The SMILES string of the molecule is COc1ccc(CCNS(=O)(=O)c2ccc(C(=O)Nc3nccs3)cc2)cc1OC. The molecule has 2 N–H and O–H groups in total. The Balaban J connectivity index is 1.59. The maximum atomic E-state index is 12.5. The molecule has 10 heteroatoms. The molecule has 0 aliphatic rings. The van der Waals surface area contributed by atoms with Crippen molar-refractivity contribution in [2.45, 2.75) is 11.3 Å². The van der Waals surface area contributed by atoms with Gasteiger partial charge in [0.2, 0.25) is 10.0 Å². The highest BCUT2D eigenvalue weighted by Crippen LogP contribution is 2.27. The van der Waals surface area contributed by atoms with Gasteiger partial charge in [0, 0.05) is 23.7 Å². The van der Waals surface area contributed by atoms with Crippen LogP contribution >= 0.6 is 11.3 Å². The number of benzene rings is 2. The van der Waals surface area contributed by atoms with E-state index in [9.17, 15) is 13.2 Å². The first kappa shape index (κ1) is 21.8. The summed E-state index contributed by atoms with van der Waals surface area (Å²) in [5.41, 5.74) is 1.25. The molecule has 30 heavy (non-hydrogen) atoms. The van der Waals surface area contributed by atoms with Crippen molar-refractivity contribution in [1.82, 2.24) is 9.71 Å². The van der Waals surface area contributed by atoms with Gasteiger partial charge in [-0.1, -0.05) is 6.07 Å². The highest BCUT2D eigenvalue weighted by atomic mass is 32.2. The molecule has 0 radical (unpaired) electrons. The zero-order valence-corrected chi connectivity index (χ0v) is 18.0.